The fraction of sp³-hybridized carbons (Fsp3) is 0.700. The van der Waals surface area contributed by atoms with Gasteiger partial charge in [0.1, 0.15) is 0 Å². The summed E-state index contributed by atoms with van der Waals surface area (Å²) in [6.07, 6.45) is 0.424. The molecule has 2 unspecified atom stereocenters. The lowest BCUT2D eigenvalue weighted by atomic mass is 9.81. The molecule has 17 heavy (non-hydrogen) atoms. The van der Waals surface area contributed by atoms with Gasteiger partial charge in [0.2, 0.25) is 5.91 Å². The van der Waals surface area contributed by atoms with Crippen LogP contribution in [0.1, 0.15) is 13.3 Å². The van der Waals surface area contributed by atoms with Crippen LogP contribution in [0.2, 0.25) is 0 Å². The molecule has 0 aliphatic carbocycles. The Morgan fingerprint density at radius 3 is 2.71 bits per heavy atom. The van der Waals surface area contributed by atoms with Crippen molar-refractivity contribution in [3.8, 4) is 0 Å². The van der Waals surface area contributed by atoms with E-state index in [1.807, 2.05) is 0 Å². The maximum absolute atomic E-state index is 11.8. The number of hydrogen-bond donors (Lipinski definition) is 1. The molecule has 94 valence electrons. The Bertz CT molecular complexity index is 400. The second kappa shape index (κ2) is 3.99. The van der Waals surface area contributed by atoms with Gasteiger partial charge in [-0.3, -0.25) is 14.4 Å². The number of carbonyl (C=O) groups is 3. The van der Waals surface area contributed by atoms with Gasteiger partial charge in [-0.05, 0) is 6.92 Å². The molecule has 2 rings (SSSR count). The second-order valence-corrected chi connectivity index (χ2v) is 5.58. The van der Waals surface area contributed by atoms with Gasteiger partial charge in [0.15, 0.2) is 11.2 Å². The van der Waals surface area contributed by atoms with Gasteiger partial charge in [-0.2, -0.15) is 0 Å². The first-order valence-corrected chi connectivity index (χ1v) is 6.17. The first-order chi connectivity index (χ1) is 7.93. The molecular weight excluding hydrogens is 244 g/mol. The van der Waals surface area contributed by atoms with Crippen LogP contribution < -0.4 is 5.73 Å². The van der Waals surface area contributed by atoms with Crippen LogP contribution in [0.15, 0.2) is 0 Å². The molecule has 0 saturated carbocycles. The molecule has 0 bridgehead atoms. The molecule has 6 nitrogen and oxygen atoms in total. The van der Waals surface area contributed by atoms with E-state index < -0.39 is 16.8 Å². The number of methoxy groups -OCH3 is 1. The van der Waals surface area contributed by atoms with E-state index in [1.54, 1.807) is 0 Å². The summed E-state index contributed by atoms with van der Waals surface area (Å²) >= 11 is 1.28. The number of β-lactam (4-membered cyclic amide) rings is 1. The van der Waals surface area contributed by atoms with Crippen LogP contribution in [0, 0.1) is 5.41 Å². The molecular formula is C10H14N2O4S. The summed E-state index contributed by atoms with van der Waals surface area (Å²) in [5.74, 6) is -1.07. The van der Waals surface area contributed by atoms with Crippen LogP contribution in [-0.4, -0.2) is 47.0 Å². The summed E-state index contributed by atoms with van der Waals surface area (Å²) in [5, 5.41) is -0.670. The summed E-state index contributed by atoms with van der Waals surface area (Å²) < 4.78 is 4.68. The summed E-state index contributed by atoms with van der Waals surface area (Å²) in [6, 6.07) is 0. The lowest BCUT2D eigenvalue weighted by molar-refractivity contribution is -0.163. The van der Waals surface area contributed by atoms with E-state index in [9.17, 15) is 14.4 Å². The van der Waals surface area contributed by atoms with Crippen molar-refractivity contribution in [1.82, 2.24) is 4.90 Å². The number of thioether (sulfide) groups is 1. The van der Waals surface area contributed by atoms with Gasteiger partial charge in [-0.15, -0.1) is 11.8 Å². The van der Waals surface area contributed by atoms with Gasteiger partial charge in [0, 0.05) is 6.54 Å². The minimum absolute atomic E-state index is 0.00497. The van der Waals surface area contributed by atoms with Gasteiger partial charge in [0.25, 0.3) is 0 Å². The number of Topliss-reactive ketones (excluding diaryl/α,β-unsaturated/α-hetero) is 1. The predicted octanol–water partition coefficient (Wildman–Crippen LogP) is -0.675. The Hall–Kier alpha value is -1.08. The number of ether oxygens (including phenoxy) is 1. The van der Waals surface area contributed by atoms with Gasteiger partial charge in [-0.25, -0.2) is 0 Å². The van der Waals surface area contributed by atoms with E-state index >= 15 is 0 Å². The summed E-state index contributed by atoms with van der Waals surface area (Å²) in [6.45, 7) is 1.34. The zero-order valence-corrected chi connectivity index (χ0v) is 10.5. The molecule has 0 spiro atoms. The molecule has 2 fully saturated rings. The van der Waals surface area contributed by atoms with E-state index in [2.05, 4.69) is 4.74 Å². The minimum Gasteiger partial charge on any atom is -0.468 e. The van der Waals surface area contributed by atoms with Crippen molar-refractivity contribution in [3.63, 3.8) is 0 Å². The van der Waals surface area contributed by atoms with Crippen LogP contribution in [-0.2, 0) is 19.1 Å². The van der Waals surface area contributed by atoms with Gasteiger partial charge < -0.3 is 15.4 Å². The van der Waals surface area contributed by atoms with Crippen molar-refractivity contribution in [2.24, 2.45) is 11.1 Å². The Morgan fingerprint density at radius 2 is 2.24 bits per heavy atom. The fourth-order valence-electron chi connectivity index (χ4n) is 2.20. The Morgan fingerprint density at radius 1 is 1.59 bits per heavy atom. The number of amides is 1. The number of fused-ring (bicyclic) bond motifs is 1. The summed E-state index contributed by atoms with van der Waals surface area (Å²) in [7, 11) is 1.22. The van der Waals surface area contributed by atoms with Crippen LogP contribution in [0.4, 0.5) is 0 Å². The number of nitrogens with two attached hydrogens (primary N) is 1. The molecule has 3 atom stereocenters. The highest BCUT2D eigenvalue weighted by Crippen LogP contribution is 2.45. The summed E-state index contributed by atoms with van der Waals surface area (Å²) in [4.78, 5) is 36.6. The number of esters is 1. The third-order valence-corrected chi connectivity index (χ3v) is 4.84. The molecule has 1 amide bonds. The van der Waals surface area contributed by atoms with Crippen molar-refractivity contribution in [2.75, 3.05) is 13.7 Å². The van der Waals surface area contributed by atoms with E-state index in [1.165, 1.54) is 30.7 Å². The third kappa shape index (κ3) is 1.56. The molecule has 2 aliphatic rings. The largest absolute Gasteiger partial charge is 0.468 e. The smallest absolute Gasteiger partial charge is 0.323 e. The molecule has 0 aromatic carbocycles. The molecule has 2 N–H and O–H groups in total. The van der Waals surface area contributed by atoms with Crippen LogP contribution in [0.3, 0.4) is 0 Å². The number of rotatable bonds is 2. The quantitative estimate of drug-likeness (QED) is 0.401. The lowest BCUT2D eigenvalue weighted by Crippen LogP contribution is -2.68. The van der Waals surface area contributed by atoms with E-state index in [4.69, 9.17) is 5.73 Å². The topological polar surface area (TPSA) is 89.7 Å². The Kier molecular flexibility index (Phi) is 2.90. The Balaban J connectivity index is 2.34. The first-order valence-electron chi connectivity index (χ1n) is 5.23. The highest BCUT2D eigenvalue weighted by molar-refractivity contribution is 8.00. The molecule has 7 heteroatoms. The fourth-order valence-corrected chi connectivity index (χ4v) is 3.68. The van der Waals surface area contributed by atoms with Crippen molar-refractivity contribution in [1.29, 1.82) is 0 Å². The van der Waals surface area contributed by atoms with E-state index in [0.29, 0.717) is 6.42 Å². The highest BCUT2D eigenvalue weighted by Gasteiger charge is 2.59. The van der Waals surface area contributed by atoms with E-state index in [0.717, 1.165) is 0 Å². The van der Waals surface area contributed by atoms with Gasteiger partial charge >= 0.3 is 5.97 Å². The number of ketones is 1. The maximum atomic E-state index is 11.8. The minimum atomic E-state index is -1.42. The Labute approximate surface area is 103 Å². The lowest BCUT2D eigenvalue weighted by Gasteiger charge is -2.51. The van der Waals surface area contributed by atoms with Crippen LogP contribution in [0.25, 0.3) is 0 Å². The monoisotopic (exact) mass is 258 g/mol. The molecule has 2 saturated heterocycles. The van der Waals surface area contributed by atoms with E-state index in [-0.39, 0.29) is 23.6 Å². The van der Waals surface area contributed by atoms with Gasteiger partial charge in [0.05, 0.1) is 24.3 Å². The van der Waals surface area contributed by atoms with Crippen molar-refractivity contribution in [3.05, 3.63) is 0 Å². The van der Waals surface area contributed by atoms with Crippen molar-refractivity contribution < 1.29 is 19.1 Å². The molecule has 2 heterocycles. The standard InChI is InChI=1S/C10H14N2O4S/c1-5(13)10(9(15)16-2)4-12-6(14)3-7(12)17-8(10)11/h7-8H,3-4,11H2,1-2H3/t7-,8?,10?/m1/s1. The average Bonchev–Trinajstić information content (AvgIpc) is 2.27. The second-order valence-electron chi connectivity index (χ2n) is 4.26. The molecule has 0 aromatic heterocycles. The van der Waals surface area contributed by atoms with Crippen LogP contribution in [0.5, 0.6) is 0 Å². The zero-order chi connectivity index (χ0) is 12.8. The summed E-state index contributed by atoms with van der Waals surface area (Å²) in [5.41, 5.74) is 4.50. The number of nitrogens with zero attached hydrogens (tertiary/aromatic N) is 1. The predicted molar refractivity (Wildman–Crippen MR) is 60.8 cm³/mol. The van der Waals surface area contributed by atoms with Gasteiger partial charge in [-0.1, -0.05) is 0 Å². The average molecular weight is 258 g/mol. The number of hydrogen-bond acceptors (Lipinski definition) is 6. The van der Waals surface area contributed by atoms with Crippen LogP contribution >= 0.6 is 11.8 Å². The van der Waals surface area contributed by atoms with Crippen molar-refractivity contribution >= 4 is 29.4 Å². The maximum Gasteiger partial charge on any atom is 0.323 e. The third-order valence-electron chi connectivity index (χ3n) is 3.40. The molecule has 0 radical (unpaired) electrons. The zero-order valence-electron chi connectivity index (χ0n) is 9.63. The normalized spacial score (nSPS) is 35.9. The SMILES string of the molecule is COC(=O)C1(C(C)=O)CN2C(=O)C[C@H]2SC1N. The highest BCUT2D eigenvalue weighted by atomic mass is 32.2. The number of carbonyl (C=O) groups excluding carboxylic acids is 3. The molecule has 0 aromatic rings. The van der Waals surface area contributed by atoms with Crippen molar-refractivity contribution in [2.45, 2.75) is 24.1 Å². The molecule has 2 aliphatic heterocycles. The first kappa shape index (κ1) is 12.4.